The molecular formula is C20H12Cl4N4O6S. The molecule has 0 fully saturated rings. The number of anilines is 2. The summed E-state index contributed by atoms with van der Waals surface area (Å²) < 4.78 is 37.9. The molecule has 3 aromatic rings. The number of methoxy groups -OCH3 is 2. The molecule has 1 aromatic heterocycles. The van der Waals surface area contributed by atoms with Gasteiger partial charge in [-0.3, -0.25) is 14.3 Å². The molecule has 2 aromatic carbocycles. The van der Waals surface area contributed by atoms with Crippen molar-refractivity contribution in [1.29, 1.82) is 0 Å². The molecule has 1 aliphatic heterocycles. The second-order valence-corrected chi connectivity index (χ2v) is 10.0. The van der Waals surface area contributed by atoms with Crippen molar-refractivity contribution in [2.75, 3.05) is 23.8 Å². The Morgan fingerprint density at radius 3 is 1.86 bits per heavy atom. The number of carbonyl (C=O) groups excluding carboxylic acids is 2. The van der Waals surface area contributed by atoms with E-state index in [9.17, 15) is 18.0 Å². The van der Waals surface area contributed by atoms with Gasteiger partial charge in [-0.15, -0.1) is 0 Å². The van der Waals surface area contributed by atoms with Crippen LogP contribution >= 0.6 is 46.4 Å². The summed E-state index contributed by atoms with van der Waals surface area (Å²) >= 11 is 24.3. The summed E-state index contributed by atoms with van der Waals surface area (Å²) in [6.45, 7) is 0. The van der Waals surface area contributed by atoms with Crippen LogP contribution in [-0.4, -0.2) is 44.4 Å². The number of imide groups is 1. The number of nitrogens with one attached hydrogen (secondary N) is 1. The third kappa shape index (κ3) is 4.34. The van der Waals surface area contributed by atoms with E-state index in [1.807, 2.05) is 0 Å². The molecular weight excluding hydrogens is 566 g/mol. The zero-order chi connectivity index (χ0) is 25.7. The van der Waals surface area contributed by atoms with E-state index in [4.69, 9.17) is 55.9 Å². The number of fused-ring (bicyclic) bond motifs is 1. The second-order valence-electron chi connectivity index (χ2n) is 6.83. The lowest BCUT2D eigenvalue weighted by molar-refractivity contribution is 0.0926. The van der Waals surface area contributed by atoms with E-state index in [2.05, 4.69) is 14.7 Å². The Balaban J connectivity index is 1.65. The van der Waals surface area contributed by atoms with Crippen molar-refractivity contribution in [3.63, 3.8) is 0 Å². The number of carbonyl (C=O) groups is 2. The van der Waals surface area contributed by atoms with Crippen LogP contribution in [0.2, 0.25) is 20.1 Å². The Labute approximate surface area is 218 Å². The summed E-state index contributed by atoms with van der Waals surface area (Å²) in [7, 11) is -1.47. The zero-order valence-electron chi connectivity index (χ0n) is 17.6. The standard InChI is InChI=1S/C20H12Cl4N4O6S/c1-33-11-7-10(25-20(26-11)34-2)27-35(31,32)9-5-3-8(4-6-9)28-18(29)12-13(19(28)30)15(22)17(24)16(23)14(12)21/h3-7H,1-2H3,(H,25,26,27). The van der Waals surface area contributed by atoms with Crippen molar-refractivity contribution in [2.24, 2.45) is 0 Å². The van der Waals surface area contributed by atoms with E-state index in [0.717, 1.165) is 4.90 Å². The molecule has 182 valence electrons. The van der Waals surface area contributed by atoms with E-state index < -0.39 is 21.8 Å². The molecule has 0 unspecified atom stereocenters. The molecule has 0 atom stereocenters. The molecule has 35 heavy (non-hydrogen) atoms. The number of halogens is 4. The number of amides is 2. The molecule has 0 radical (unpaired) electrons. The maximum atomic E-state index is 13.0. The molecule has 2 heterocycles. The zero-order valence-corrected chi connectivity index (χ0v) is 21.4. The summed E-state index contributed by atoms with van der Waals surface area (Å²) in [6, 6.07) is 6.07. The molecule has 1 N–H and O–H groups in total. The third-order valence-corrected chi connectivity index (χ3v) is 7.99. The molecule has 0 saturated carbocycles. The first-order valence-electron chi connectivity index (χ1n) is 9.34. The van der Waals surface area contributed by atoms with Crippen molar-refractivity contribution in [1.82, 2.24) is 9.97 Å². The minimum Gasteiger partial charge on any atom is -0.481 e. The van der Waals surface area contributed by atoms with Crippen LogP contribution in [0.3, 0.4) is 0 Å². The average molecular weight is 578 g/mol. The van der Waals surface area contributed by atoms with Gasteiger partial charge < -0.3 is 9.47 Å². The van der Waals surface area contributed by atoms with Gasteiger partial charge in [0.25, 0.3) is 21.8 Å². The topological polar surface area (TPSA) is 128 Å². The van der Waals surface area contributed by atoms with Gasteiger partial charge in [0.1, 0.15) is 0 Å². The highest BCUT2D eigenvalue weighted by Gasteiger charge is 2.42. The van der Waals surface area contributed by atoms with Gasteiger partial charge in [-0.05, 0) is 24.3 Å². The van der Waals surface area contributed by atoms with E-state index in [0.29, 0.717) is 0 Å². The number of benzene rings is 2. The van der Waals surface area contributed by atoms with Crippen LogP contribution in [0.4, 0.5) is 11.5 Å². The molecule has 15 heteroatoms. The number of sulfonamides is 1. The SMILES string of the molecule is COc1cc(NS(=O)(=O)c2ccc(N3C(=O)c4c(Cl)c(Cl)c(Cl)c(Cl)c4C3=O)cc2)nc(OC)n1. The van der Waals surface area contributed by atoms with Gasteiger partial charge in [0, 0.05) is 6.07 Å². The van der Waals surface area contributed by atoms with Crippen molar-refractivity contribution < 1.29 is 27.5 Å². The smallest absolute Gasteiger partial charge is 0.321 e. The quantitative estimate of drug-likeness (QED) is 0.253. The van der Waals surface area contributed by atoms with E-state index in [-0.39, 0.29) is 59.5 Å². The Kier molecular flexibility index (Phi) is 6.73. The highest BCUT2D eigenvalue weighted by molar-refractivity contribution is 7.92. The van der Waals surface area contributed by atoms with Gasteiger partial charge in [0.2, 0.25) is 5.88 Å². The molecule has 2 amide bonds. The fourth-order valence-corrected chi connectivity index (χ4v) is 5.21. The highest BCUT2D eigenvalue weighted by atomic mass is 35.5. The summed E-state index contributed by atoms with van der Waals surface area (Å²) in [6.07, 6.45) is 0. The van der Waals surface area contributed by atoms with E-state index >= 15 is 0 Å². The van der Waals surface area contributed by atoms with Crippen LogP contribution in [0, 0.1) is 0 Å². The number of hydrogen-bond donors (Lipinski definition) is 1. The molecule has 0 aliphatic carbocycles. The first-order valence-corrected chi connectivity index (χ1v) is 12.3. The maximum Gasteiger partial charge on any atom is 0.321 e. The van der Waals surface area contributed by atoms with E-state index in [1.165, 1.54) is 44.6 Å². The Hall–Kier alpha value is -2.83. The minimum atomic E-state index is -4.13. The molecule has 0 bridgehead atoms. The van der Waals surface area contributed by atoms with Crippen molar-refractivity contribution in [3.05, 3.63) is 61.5 Å². The number of nitrogens with zero attached hydrogens (tertiary/aromatic N) is 3. The maximum absolute atomic E-state index is 13.0. The predicted molar refractivity (Wildman–Crippen MR) is 130 cm³/mol. The van der Waals surface area contributed by atoms with Gasteiger partial charge in [-0.2, -0.15) is 9.97 Å². The highest BCUT2D eigenvalue weighted by Crippen LogP contribution is 2.45. The van der Waals surface area contributed by atoms with Crippen LogP contribution in [0.15, 0.2) is 35.2 Å². The molecule has 4 rings (SSSR count). The van der Waals surface area contributed by atoms with Crippen LogP contribution in [0.1, 0.15) is 20.7 Å². The fourth-order valence-electron chi connectivity index (χ4n) is 3.21. The van der Waals surface area contributed by atoms with Crippen molar-refractivity contribution in [2.45, 2.75) is 4.90 Å². The Morgan fingerprint density at radius 1 is 0.829 bits per heavy atom. The summed E-state index contributed by atoms with van der Waals surface area (Å²) in [5, 5.41) is -0.747. The predicted octanol–water partition coefficient (Wildman–Crippen LogP) is 4.71. The lowest BCUT2D eigenvalue weighted by Gasteiger charge is -2.15. The number of hydrogen-bond acceptors (Lipinski definition) is 8. The molecule has 0 saturated heterocycles. The van der Waals surface area contributed by atoms with Crippen molar-refractivity contribution in [3.8, 4) is 11.9 Å². The van der Waals surface area contributed by atoms with E-state index in [1.54, 1.807) is 0 Å². The van der Waals surface area contributed by atoms with Gasteiger partial charge in [-0.25, -0.2) is 13.3 Å². The normalized spacial score (nSPS) is 13.1. The van der Waals surface area contributed by atoms with Gasteiger partial charge in [0.15, 0.2) is 5.82 Å². The Bertz CT molecular complexity index is 1430. The molecule has 0 spiro atoms. The summed E-state index contributed by atoms with van der Waals surface area (Å²) in [4.78, 5) is 34.4. The van der Waals surface area contributed by atoms with Crippen molar-refractivity contribution >= 4 is 79.7 Å². The second kappa shape index (κ2) is 9.32. The van der Waals surface area contributed by atoms with Crippen LogP contribution in [0.5, 0.6) is 11.9 Å². The number of rotatable bonds is 6. The lowest BCUT2D eigenvalue weighted by atomic mass is 10.1. The van der Waals surface area contributed by atoms with Gasteiger partial charge in [-0.1, -0.05) is 46.4 Å². The summed E-state index contributed by atoms with van der Waals surface area (Å²) in [5.41, 5.74) is -0.318. The van der Waals surface area contributed by atoms with Gasteiger partial charge in [0.05, 0.1) is 56.0 Å². The van der Waals surface area contributed by atoms with Gasteiger partial charge >= 0.3 is 6.01 Å². The average Bonchev–Trinajstić information content (AvgIpc) is 3.10. The minimum absolute atomic E-state index is 0.0694. The molecule has 1 aliphatic rings. The lowest BCUT2D eigenvalue weighted by Crippen LogP contribution is -2.29. The fraction of sp³-hybridized carbons (Fsp3) is 0.100. The summed E-state index contributed by atoms with van der Waals surface area (Å²) in [5.74, 6) is -1.60. The van der Waals surface area contributed by atoms with Crippen LogP contribution in [-0.2, 0) is 10.0 Å². The Morgan fingerprint density at radius 2 is 1.37 bits per heavy atom. The third-order valence-electron chi connectivity index (χ3n) is 4.82. The van der Waals surface area contributed by atoms with Crippen LogP contribution in [0.25, 0.3) is 0 Å². The number of ether oxygens (including phenoxy) is 2. The largest absolute Gasteiger partial charge is 0.481 e. The first-order chi connectivity index (χ1) is 16.5. The first kappa shape index (κ1) is 25.3. The monoisotopic (exact) mass is 576 g/mol. The van der Waals surface area contributed by atoms with Crippen LogP contribution < -0.4 is 19.1 Å². The molecule has 10 nitrogen and oxygen atoms in total. The number of aromatic nitrogens is 2.